The summed E-state index contributed by atoms with van der Waals surface area (Å²) in [5.74, 6) is -1.41. The molecule has 2 heterocycles. The van der Waals surface area contributed by atoms with Crippen molar-refractivity contribution in [3.05, 3.63) is 58.9 Å². The molecule has 1 aliphatic carbocycles. The van der Waals surface area contributed by atoms with Crippen molar-refractivity contribution in [1.29, 1.82) is 0 Å². The Morgan fingerprint density at radius 1 is 1.11 bits per heavy atom. The van der Waals surface area contributed by atoms with Gasteiger partial charge in [0.2, 0.25) is 0 Å². The molecule has 0 unspecified atom stereocenters. The normalized spacial score (nSPS) is 23.1. The maximum Gasteiger partial charge on any atom is 0.522 e. The molecule has 0 atom stereocenters. The molecule has 0 aromatic heterocycles. The van der Waals surface area contributed by atoms with E-state index in [4.69, 9.17) is 4.74 Å². The van der Waals surface area contributed by atoms with E-state index in [-0.39, 0.29) is 30.5 Å². The molecule has 38 heavy (non-hydrogen) atoms. The maximum absolute atomic E-state index is 16.0. The molecule has 0 bridgehead atoms. The van der Waals surface area contributed by atoms with Gasteiger partial charge in [0.15, 0.2) is 5.82 Å². The Hall–Kier alpha value is -2.90. The summed E-state index contributed by atoms with van der Waals surface area (Å²) in [6.07, 6.45) is -3.64. The molecule has 2 aromatic rings. The van der Waals surface area contributed by atoms with Gasteiger partial charge in [-0.15, -0.1) is 13.2 Å². The number of fused-ring (bicyclic) bond motifs is 1. The molecule has 2 aromatic carbocycles. The highest BCUT2D eigenvalue weighted by Crippen LogP contribution is 2.41. The van der Waals surface area contributed by atoms with Gasteiger partial charge >= 0.3 is 16.6 Å². The van der Waals surface area contributed by atoms with E-state index in [0.717, 1.165) is 5.56 Å². The largest absolute Gasteiger partial charge is 0.522 e. The summed E-state index contributed by atoms with van der Waals surface area (Å²) in [5.41, 5.74) is 1.49. The maximum atomic E-state index is 16.0. The zero-order chi connectivity index (χ0) is 27.1. The van der Waals surface area contributed by atoms with Crippen molar-refractivity contribution in [3.8, 4) is 5.75 Å². The molecule has 2 aliphatic heterocycles. The van der Waals surface area contributed by atoms with Crippen LogP contribution < -0.4 is 13.8 Å². The highest BCUT2D eigenvalue weighted by atomic mass is 32.2. The second-order valence-corrected chi connectivity index (χ2v) is 11.4. The molecule has 13 heteroatoms. The summed E-state index contributed by atoms with van der Waals surface area (Å²) in [5, 5.41) is 0. The number of halogens is 4. The quantitative estimate of drug-likeness (QED) is 0.499. The third kappa shape index (κ3) is 5.89. The average molecular weight is 558 g/mol. The van der Waals surface area contributed by atoms with E-state index in [1.165, 1.54) is 0 Å². The first kappa shape index (κ1) is 26.7. The number of carbonyl (C=O) groups excluding carboxylic acids is 1. The van der Waals surface area contributed by atoms with Gasteiger partial charge < -0.3 is 4.74 Å². The number of ether oxygens (including phenoxy) is 2. The predicted octanol–water partition coefficient (Wildman–Crippen LogP) is 3.65. The molecule has 1 amide bonds. The number of hydrogen-bond donors (Lipinski definition) is 1. The molecule has 0 spiro atoms. The Morgan fingerprint density at radius 2 is 1.84 bits per heavy atom. The average Bonchev–Trinajstić information content (AvgIpc) is 3.10. The number of benzene rings is 2. The van der Waals surface area contributed by atoms with Crippen LogP contribution in [0.4, 0.5) is 23.2 Å². The minimum Gasteiger partial charge on any atom is -0.487 e. The SMILES string of the molecule is O=C1CN(c2c(OCc3ccccc3)cc3c(c2F)CN(CCC2CC(OC(F)(F)F)C2)CC3)S(=O)(=O)N1. The lowest BCUT2D eigenvalue weighted by atomic mass is 9.80. The van der Waals surface area contributed by atoms with Gasteiger partial charge in [0, 0.05) is 18.7 Å². The van der Waals surface area contributed by atoms with E-state index >= 15 is 4.39 Å². The smallest absolute Gasteiger partial charge is 0.487 e. The van der Waals surface area contributed by atoms with Crippen molar-refractivity contribution in [2.45, 2.75) is 51.3 Å². The van der Waals surface area contributed by atoms with Gasteiger partial charge in [0.1, 0.15) is 24.6 Å². The van der Waals surface area contributed by atoms with E-state index in [1.54, 1.807) is 6.07 Å². The second kappa shape index (κ2) is 10.3. The lowest BCUT2D eigenvalue weighted by molar-refractivity contribution is -0.354. The Bertz CT molecular complexity index is 1300. The Morgan fingerprint density at radius 3 is 2.50 bits per heavy atom. The molecule has 5 rings (SSSR count). The van der Waals surface area contributed by atoms with Gasteiger partial charge in [-0.3, -0.25) is 14.4 Å². The standard InChI is InChI=1S/C25H27F4N3O5S/c26-23-20-13-31(8-6-17-10-19(11-17)37-25(27,28)29)9-7-18(20)12-21(36-15-16-4-2-1-3-5-16)24(23)32-14-22(33)30-38(32,34)35/h1-5,12,17,19H,6-11,13-15H2,(H,30,33). The first-order valence-corrected chi connectivity index (χ1v) is 13.7. The Labute approximate surface area is 217 Å². The molecule has 3 aliphatic rings. The van der Waals surface area contributed by atoms with Crippen LogP contribution in [0.3, 0.4) is 0 Å². The van der Waals surface area contributed by atoms with Crippen molar-refractivity contribution in [2.24, 2.45) is 5.92 Å². The third-order valence-electron chi connectivity index (χ3n) is 7.13. The van der Waals surface area contributed by atoms with E-state index in [9.17, 15) is 26.4 Å². The number of nitrogens with zero attached hydrogens (tertiary/aromatic N) is 2. The fraction of sp³-hybridized carbons (Fsp3) is 0.480. The van der Waals surface area contributed by atoms with Crippen molar-refractivity contribution in [1.82, 2.24) is 9.62 Å². The molecule has 2 fully saturated rings. The van der Waals surface area contributed by atoms with Gasteiger partial charge in [-0.2, -0.15) is 8.42 Å². The number of hydrogen-bond acceptors (Lipinski definition) is 6. The number of nitrogens with one attached hydrogen (secondary N) is 1. The van der Waals surface area contributed by atoms with Crippen LogP contribution in [-0.2, 0) is 39.3 Å². The van der Waals surface area contributed by atoms with Crippen LogP contribution in [-0.4, -0.2) is 51.3 Å². The molecule has 1 saturated carbocycles. The highest BCUT2D eigenvalue weighted by molar-refractivity contribution is 7.92. The van der Waals surface area contributed by atoms with E-state index in [2.05, 4.69) is 4.74 Å². The molecule has 206 valence electrons. The van der Waals surface area contributed by atoms with Crippen molar-refractivity contribution in [2.75, 3.05) is 23.9 Å². The van der Waals surface area contributed by atoms with Crippen LogP contribution in [0.2, 0.25) is 0 Å². The lowest BCUT2D eigenvalue weighted by Crippen LogP contribution is -2.39. The molecule has 0 radical (unpaired) electrons. The van der Waals surface area contributed by atoms with Crippen LogP contribution in [0.15, 0.2) is 36.4 Å². The van der Waals surface area contributed by atoms with Crippen LogP contribution in [0, 0.1) is 11.7 Å². The number of alkyl halides is 3. The fourth-order valence-corrected chi connectivity index (χ4v) is 6.32. The zero-order valence-corrected chi connectivity index (χ0v) is 21.2. The minimum absolute atomic E-state index is 0.0313. The molecule has 1 saturated heterocycles. The number of amides is 1. The van der Waals surface area contributed by atoms with Gasteiger partial charge in [-0.05, 0) is 55.3 Å². The summed E-state index contributed by atoms with van der Waals surface area (Å²) in [6.45, 7) is 0.894. The van der Waals surface area contributed by atoms with E-state index in [0.29, 0.717) is 54.2 Å². The summed E-state index contributed by atoms with van der Waals surface area (Å²) in [4.78, 5) is 13.9. The summed E-state index contributed by atoms with van der Waals surface area (Å²) in [6, 6.07) is 10.8. The molecular weight excluding hydrogens is 530 g/mol. The van der Waals surface area contributed by atoms with Gasteiger partial charge in [-0.1, -0.05) is 30.3 Å². The number of carbonyl (C=O) groups is 1. The molecule has 8 nitrogen and oxygen atoms in total. The van der Waals surface area contributed by atoms with Crippen LogP contribution >= 0.6 is 0 Å². The Balaban J connectivity index is 1.33. The highest BCUT2D eigenvalue weighted by Gasteiger charge is 2.41. The second-order valence-electron chi connectivity index (χ2n) is 9.82. The first-order chi connectivity index (χ1) is 18.0. The van der Waals surface area contributed by atoms with Gasteiger partial charge in [0.05, 0.1) is 6.10 Å². The zero-order valence-electron chi connectivity index (χ0n) is 20.3. The first-order valence-electron chi connectivity index (χ1n) is 12.3. The number of anilines is 1. The van der Waals surface area contributed by atoms with Crippen LogP contribution in [0.25, 0.3) is 0 Å². The van der Waals surface area contributed by atoms with Crippen molar-refractivity contribution >= 4 is 21.8 Å². The topological polar surface area (TPSA) is 88.2 Å². The van der Waals surface area contributed by atoms with Gasteiger partial charge in [0.25, 0.3) is 5.91 Å². The summed E-state index contributed by atoms with van der Waals surface area (Å²) < 4.78 is 90.8. The summed E-state index contributed by atoms with van der Waals surface area (Å²) in [7, 11) is -4.28. The minimum atomic E-state index is -4.63. The lowest BCUT2D eigenvalue weighted by Gasteiger charge is -2.37. The third-order valence-corrected chi connectivity index (χ3v) is 8.51. The molecule has 1 N–H and O–H groups in total. The fourth-order valence-electron chi connectivity index (χ4n) is 5.16. The van der Waals surface area contributed by atoms with E-state index < -0.39 is 40.9 Å². The van der Waals surface area contributed by atoms with Crippen LogP contribution in [0.1, 0.15) is 36.0 Å². The van der Waals surface area contributed by atoms with E-state index in [1.807, 2.05) is 40.0 Å². The monoisotopic (exact) mass is 557 g/mol. The van der Waals surface area contributed by atoms with Crippen LogP contribution in [0.5, 0.6) is 5.75 Å². The predicted molar refractivity (Wildman–Crippen MR) is 129 cm³/mol. The Kier molecular flexibility index (Phi) is 7.27. The summed E-state index contributed by atoms with van der Waals surface area (Å²) >= 11 is 0. The number of rotatable bonds is 8. The van der Waals surface area contributed by atoms with Crippen molar-refractivity contribution < 1.29 is 40.2 Å². The van der Waals surface area contributed by atoms with Gasteiger partial charge in [-0.25, -0.2) is 13.4 Å². The van der Waals surface area contributed by atoms with Crippen molar-refractivity contribution in [3.63, 3.8) is 0 Å². The molecular formula is C25H27F4N3O5S.